The van der Waals surface area contributed by atoms with Crippen LogP contribution in [0, 0.1) is 0 Å². The monoisotopic (exact) mass is 291 g/mol. The van der Waals surface area contributed by atoms with Crippen LogP contribution in [0.1, 0.15) is 58.1 Å². The van der Waals surface area contributed by atoms with Gasteiger partial charge in [-0.2, -0.15) is 11.8 Å². The summed E-state index contributed by atoms with van der Waals surface area (Å²) in [6.07, 6.45) is 4.08. The van der Waals surface area contributed by atoms with Crippen LogP contribution in [0.4, 0.5) is 0 Å². The zero-order valence-electron chi connectivity index (χ0n) is 13.4. The summed E-state index contributed by atoms with van der Waals surface area (Å²) >= 11 is 2.13. The maximum Gasteiger partial charge on any atom is 0.0208 e. The van der Waals surface area contributed by atoms with Crippen molar-refractivity contribution in [2.45, 2.75) is 70.2 Å². The summed E-state index contributed by atoms with van der Waals surface area (Å²) in [5.74, 6) is 1.26. The highest BCUT2D eigenvalue weighted by Crippen LogP contribution is 2.30. The second kappa shape index (κ2) is 7.00. The predicted octanol–water partition coefficient (Wildman–Crippen LogP) is 4.75. The average molecular weight is 292 g/mol. The molecule has 1 nitrogen and oxygen atoms in total. The van der Waals surface area contributed by atoms with Crippen molar-refractivity contribution in [3.05, 3.63) is 35.4 Å². The first kappa shape index (κ1) is 15.9. The van der Waals surface area contributed by atoms with Gasteiger partial charge in [-0.3, -0.25) is 0 Å². The number of rotatable bonds is 5. The van der Waals surface area contributed by atoms with Gasteiger partial charge in [0.05, 0.1) is 0 Å². The van der Waals surface area contributed by atoms with E-state index in [1.165, 1.54) is 36.1 Å². The smallest absolute Gasteiger partial charge is 0.0208 e. The van der Waals surface area contributed by atoms with Gasteiger partial charge < -0.3 is 5.32 Å². The Balaban J connectivity index is 1.80. The summed E-state index contributed by atoms with van der Waals surface area (Å²) in [5, 5.41) is 4.62. The molecule has 1 N–H and O–H groups in total. The zero-order valence-corrected chi connectivity index (χ0v) is 14.2. The van der Waals surface area contributed by atoms with E-state index >= 15 is 0 Å². The summed E-state index contributed by atoms with van der Waals surface area (Å²) in [5.41, 5.74) is 3.08. The lowest BCUT2D eigenvalue weighted by molar-refractivity contribution is 0.524. The lowest BCUT2D eigenvalue weighted by Crippen LogP contribution is -2.26. The summed E-state index contributed by atoms with van der Waals surface area (Å²) in [6, 6.07) is 9.84. The van der Waals surface area contributed by atoms with Gasteiger partial charge >= 0.3 is 0 Å². The number of thioether (sulfide) groups is 1. The van der Waals surface area contributed by atoms with E-state index in [0.717, 1.165) is 17.8 Å². The van der Waals surface area contributed by atoms with Crippen LogP contribution in [0.5, 0.6) is 0 Å². The van der Waals surface area contributed by atoms with Gasteiger partial charge in [-0.25, -0.2) is 0 Å². The molecular weight excluding hydrogens is 262 g/mol. The van der Waals surface area contributed by atoms with Gasteiger partial charge in [0.2, 0.25) is 0 Å². The van der Waals surface area contributed by atoms with Crippen molar-refractivity contribution >= 4 is 11.8 Å². The van der Waals surface area contributed by atoms with Crippen molar-refractivity contribution in [1.29, 1.82) is 0 Å². The fourth-order valence-corrected chi connectivity index (χ4v) is 4.04. The van der Waals surface area contributed by atoms with Crippen molar-refractivity contribution in [3.63, 3.8) is 0 Å². The molecule has 0 radical (unpaired) electrons. The summed E-state index contributed by atoms with van der Waals surface area (Å²) < 4.78 is 0. The van der Waals surface area contributed by atoms with Crippen molar-refractivity contribution < 1.29 is 0 Å². The molecule has 1 saturated carbocycles. The molecule has 2 unspecified atom stereocenters. The average Bonchev–Trinajstić information content (AvgIpc) is 2.84. The van der Waals surface area contributed by atoms with Gasteiger partial charge in [-0.05, 0) is 41.6 Å². The molecule has 0 spiro atoms. The molecule has 0 heterocycles. The molecule has 2 atom stereocenters. The molecule has 1 aliphatic carbocycles. The van der Waals surface area contributed by atoms with E-state index < -0.39 is 0 Å². The van der Waals surface area contributed by atoms with Crippen LogP contribution in [0.15, 0.2) is 24.3 Å². The number of nitrogens with one attached hydrogen (secondary N) is 1. The van der Waals surface area contributed by atoms with E-state index in [-0.39, 0.29) is 5.41 Å². The Labute approximate surface area is 128 Å². The minimum Gasteiger partial charge on any atom is -0.310 e. The zero-order chi connectivity index (χ0) is 14.6. The summed E-state index contributed by atoms with van der Waals surface area (Å²) in [7, 11) is 0. The third-order valence-corrected chi connectivity index (χ3v) is 5.43. The molecular formula is C18H29NS. The van der Waals surface area contributed by atoms with E-state index in [0.29, 0.717) is 0 Å². The molecule has 0 amide bonds. The van der Waals surface area contributed by atoms with Crippen LogP contribution in [0.25, 0.3) is 0 Å². The third-order valence-electron chi connectivity index (χ3n) is 4.20. The highest BCUT2D eigenvalue weighted by atomic mass is 32.2. The van der Waals surface area contributed by atoms with Gasteiger partial charge in [-0.1, -0.05) is 52.0 Å². The Kier molecular flexibility index (Phi) is 5.57. The van der Waals surface area contributed by atoms with E-state index in [4.69, 9.17) is 0 Å². The van der Waals surface area contributed by atoms with Gasteiger partial charge in [0.25, 0.3) is 0 Å². The molecule has 1 aliphatic rings. The molecule has 1 aromatic rings. The second-order valence-electron chi connectivity index (χ2n) is 6.92. The van der Waals surface area contributed by atoms with Gasteiger partial charge in [0.1, 0.15) is 0 Å². The van der Waals surface area contributed by atoms with Crippen molar-refractivity contribution in [3.8, 4) is 0 Å². The Morgan fingerprint density at radius 1 is 1.15 bits per heavy atom. The van der Waals surface area contributed by atoms with E-state index in [1.807, 2.05) is 0 Å². The fourth-order valence-electron chi connectivity index (χ4n) is 2.90. The number of hydrogen-bond acceptors (Lipinski definition) is 2. The minimum atomic E-state index is 0.252. The summed E-state index contributed by atoms with van der Waals surface area (Å²) in [4.78, 5) is 0. The Bertz CT molecular complexity index is 404. The highest BCUT2D eigenvalue weighted by Gasteiger charge is 2.23. The first-order valence-electron chi connectivity index (χ1n) is 7.93. The number of benzene rings is 1. The molecule has 112 valence electrons. The Morgan fingerprint density at radius 2 is 1.85 bits per heavy atom. The van der Waals surface area contributed by atoms with Crippen molar-refractivity contribution in [2.75, 3.05) is 5.75 Å². The lowest BCUT2D eigenvalue weighted by Gasteiger charge is -2.19. The van der Waals surface area contributed by atoms with Gasteiger partial charge in [-0.15, -0.1) is 0 Å². The fraction of sp³-hybridized carbons (Fsp3) is 0.667. The Hall–Kier alpha value is -0.470. The summed E-state index contributed by atoms with van der Waals surface area (Å²) in [6.45, 7) is 10.1. The standard InChI is InChI=1S/C18H29NS/c1-5-20-17-11-10-16(12-17)19-13-14-6-8-15(9-7-14)18(2,3)4/h6-9,16-17,19H,5,10-13H2,1-4H3. The van der Waals surface area contributed by atoms with E-state index in [2.05, 4.69) is 69.0 Å². The first-order valence-corrected chi connectivity index (χ1v) is 8.98. The van der Waals surface area contributed by atoms with Crippen LogP contribution in [0.2, 0.25) is 0 Å². The van der Waals surface area contributed by atoms with Crippen LogP contribution in [-0.4, -0.2) is 17.0 Å². The van der Waals surface area contributed by atoms with E-state index in [1.54, 1.807) is 0 Å². The normalized spacial score (nSPS) is 23.2. The van der Waals surface area contributed by atoms with Crippen LogP contribution < -0.4 is 5.32 Å². The van der Waals surface area contributed by atoms with Crippen LogP contribution >= 0.6 is 11.8 Å². The molecule has 20 heavy (non-hydrogen) atoms. The van der Waals surface area contributed by atoms with Gasteiger partial charge in [0, 0.05) is 17.8 Å². The Morgan fingerprint density at radius 3 is 2.45 bits per heavy atom. The SMILES string of the molecule is CCSC1CCC(NCc2ccc(C(C)(C)C)cc2)C1. The maximum atomic E-state index is 3.73. The maximum absolute atomic E-state index is 3.73. The molecule has 0 bridgehead atoms. The third kappa shape index (κ3) is 4.53. The molecule has 0 aromatic heterocycles. The van der Waals surface area contributed by atoms with Crippen molar-refractivity contribution in [2.24, 2.45) is 0 Å². The van der Waals surface area contributed by atoms with Crippen LogP contribution in [-0.2, 0) is 12.0 Å². The van der Waals surface area contributed by atoms with E-state index in [9.17, 15) is 0 Å². The predicted molar refractivity (Wildman–Crippen MR) is 91.5 cm³/mol. The molecule has 1 aromatic carbocycles. The molecule has 0 aliphatic heterocycles. The molecule has 0 saturated heterocycles. The van der Waals surface area contributed by atoms with Gasteiger partial charge in [0.15, 0.2) is 0 Å². The molecule has 2 rings (SSSR count). The highest BCUT2D eigenvalue weighted by molar-refractivity contribution is 7.99. The lowest BCUT2D eigenvalue weighted by atomic mass is 9.87. The quantitative estimate of drug-likeness (QED) is 0.840. The van der Waals surface area contributed by atoms with Crippen molar-refractivity contribution in [1.82, 2.24) is 5.32 Å². The molecule has 1 fully saturated rings. The first-order chi connectivity index (χ1) is 9.49. The number of hydrogen-bond donors (Lipinski definition) is 1. The second-order valence-corrected chi connectivity index (χ2v) is 8.49. The van der Waals surface area contributed by atoms with Crippen LogP contribution in [0.3, 0.4) is 0 Å². The topological polar surface area (TPSA) is 12.0 Å². The molecule has 2 heteroatoms. The largest absolute Gasteiger partial charge is 0.310 e. The minimum absolute atomic E-state index is 0.252.